The van der Waals surface area contributed by atoms with Gasteiger partial charge in [0.1, 0.15) is 5.75 Å². The highest BCUT2D eigenvalue weighted by molar-refractivity contribution is 5.92. The standard InChI is InChI=1S/C18H25N3O3/c1-13(2)16-11-15(19-20(16)3)18(23)21(9-10-22)12-14-7-5-6-8-17(14)24-4/h5-8,11,13,22H,9-10,12H2,1-4H3. The van der Waals surface area contributed by atoms with Crippen LogP contribution in [0.15, 0.2) is 30.3 Å². The summed E-state index contributed by atoms with van der Waals surface area (Å²) in [5, 5.41) is 13.7. The third-order valence-electron chi connectivity index (χ3n) is 3.94. The van der Waals surface area contributed by atoms with E-state index < -0.39 is 0 Å². The van der Waals surface area contributed by atoms with Crippen LogP contribution in [0.5, 0.6) is 5.75 Å². The van der Waals surface area contributed by atoms with E-state index in [0.29, 0.717) is 12.2 Å². The third-order valence-corrected chi connectivity index (χ3v) is 3.94. The molecule has 0 fully saturated rings. The van der Waals surface area contributed by atoms with E-state index in [9.17, 15) is 9.90 Å². The summed E-state index contributed by atoms with van der Waals surface area (Å²) in [7, 11) is 3.44. The summed E-state index contributed by atoms with van der Waals surface area (Å²) in [5.74, 6) is 0.805. The second kappa shape index (κ2) is 7.97. The van der Waals surface area contributed by atoms with Crippen LogP contribution in [0.25, 0.3) is 0 Å². The van der Waals surface area contributed by atoms with Gasteiger partial charge in [0.05, 0.1) is 13.7 Å². The molecular weight excluding hydrogens is 306 g/mol. The molecule has 6 nitrogen and oxygen atoms in total. The van der Waals surface area contributed by atoms with Crippen molar-refractivity contribution in [3.8, 4) is 5.75 Å². The van der Waals surface area contributed by atoms with Gasteiger partial charge in [-0.25, -0.2) is 0 Å². The van der Waals surface area contributed by atoms with Crippen LogP contribution in [-0.2, 0) is 13.6 Å². The van der Waals surface area contributed by atoms with Crippen molar-refractivity contribution in [1.29, 1.82) is 0 Å². The normalized spacial score (nSPS) is 10.9. The van der Waals surface area contributed by atoms with Crippen LogP contribution < -0.4 is 4.74 Å². The summed E-state index contributed by atoms with van der Waals surface area (Å²) in [6, 6.07) is 9.37. The molecule has 2 aromatic rings. The summed E-state index contributed by atoms with van der Waals surface area (Å²) in [4.78, 5) is 14.4. The molecule has 1 amide bonds. The smallest absolute Gasteiger partial charge is 0.274 e. The van der Waals surface area contributed by atoms with Crippen molar-refractivity contribution >= 4 is 5.91 Å². The molecule has 1 aromatic heterocycles. The van der Waals surface area contributed by atoms with Crippen molar-refractivity contribution in [3.05, 3.63) is 47.3 Å². The quantitative estimate of drug-likeness (QED) is 0.844. The first-order valence-corrected chi connectivity index (χ1v) is 8.03. The van der Waals surface area contributed by atoms with E-state index in [1.54, 1.807) is 16.7 Å². The lowest BCUT2D eigenvalue weighted by atomic mass is 10.1. The molecule has 0 unspecified atom stereocenters. The van der Waals surface area contributed by atoms with E-state index in [1.807, 2.05) is 37.4 Å². The van der Waals surface area contributed by atoms with Gasteiger partial charge in [-0.05, 0) is 18.1 Å². The number of hydrogen-bond donors (Lipinski definition) is 1. The number of benzene rings is 1. The first kappa shape index (κ1) is 18.0. The van der Waals surface area contributed by atoms with Crippen LogP contribution in [0.3, 0.4) is 0 Å². The molecule has 1 aromatic carbocycles. The average molecular weight is 331 g/mol. The number of para-hydroxylation sites is 1. The zero-order valence-corrected chi connectivity index (χ0v) is 14.7. The number of nitrogens with zero attached hydrogens (tertiary/aromatic N) is 3. The first-order valence-electron chi connectivity index (χ1n) is 8.03. The lowest BCUT2D eigenvalue weighted by Crippen LogP contribution is -2.33. The molecule has 6 heteroatoms. The Morgan fingerprint density at radius 1 is 1.38 bits per heavy atom. The molecule has 2 rings (SSSR count). The number of hydrogen-bond acceptors (Lipinski definition) is 4. The highest BCUT2D eigenvalue weighted by atomic mass is 16.5. The molecule has 0 bridgehead atoms. The van der Waals surface area contributed by atoms with Gasteiger partial charge in [-0.2, -0.15) is 5.10 Å². The van der Waals surface area contributed by atoms with Gasteiger partial charge in [-0.15, -0.1) is 0 Å². The summed E-state index contributed by atoms with van der Waals surface area (Å²) >= 11 is 0. The molecule has 0 spiro atoms. The van der Waals surface area contributed by atoms with Crippen molar-refractivity contribution in [3.63, 3.8) is 0 Å². The highest BCUT2D eigenvalue weighted by Crippen LogP contribution is 2.21. The fourth-order valence-corrected chi connectivity index (χ4v) is 2.70. The summed E-state index contributed by atoms with van der Waals surface area (Å²) in [6.45, 7) is 4.61. The van der Waals surface area contributed by atoms with Gasteiger partial charge in [0.25, 0.3) is 5.91 Å². The van der Waals surface area contributed by atoms with E-state index >= 15 is 0 Å². The number of aliphatic hydroxyl groups is 1. The van der Waals surface area contributed by atoms with Crippen LogP contribution >= 0.6 is 0 Å². The number of rotatable bonds is 7. The van der Waals surface area contributed by atoms with Crippen LogP contribution in [0.1, 0.15) is 41.5 Å². The minimum Gasteiger partial charge on any atom is -0.496 e. The number of aromatic nitrogens is 2. The van der Waals surface area contributed by atoms with E-state index in [2.05, 4.69) is 18.9 Å². The number of carbonyl (C=O) groups is 1. The predicted molar refractivity (Wildman–Crippen MR) is 92.1 cm³/mol. The van der Waals surface area contributed by atoms with Gasteiger partial charge in [0, 0.05) is 31.4 Å². The summed E-state index contributed by atoms with van der Waals surface area (Å²) < 4.78 is 7.08. The number of aryl methyl sites for hydroxylation is 1. The molecule has 0 saturated carbocycles. The number of aliphatic hydroxyl groups excluding tert-OH is 1. The number of amides is 1. The molecule has 24 heavy (non-hydrogen) atoms. The Kier molecular flexibility index (Phi) is 5.98. The van der Waals surface area contributed by atoms with Crippen molar-refractivity contribution in [1.82, 2.24) is 14.7 Å². The molecular formula is C18H25N3O3. The van der Waals surface area contributed by atoms with Crippen molar-refractivity contribution < 1.29 is 14.6 Å². The van der Waals surface area contributed by atoms with E-state index in [4.69, 9.17) is 4.74 Å². The molecule has 0 aliphatic heterocycles. The van der Waals surface area contributed by atoms with Crippen molar-refractivity contribution in [2.24, 2.45) is 7.05 Å². The number of methoxy groups -OCH3 is 1. The van der Waals surface area contributed by atoms with Gasteiger partial charge < -0.3 is 14.7 Å². The molecule has 1 heterocycles. The second-order valence-corrected chi connectivity index (χ2v) is 5.99. The molecule has 0 aliphatic carbocycles. The van der Waals surface area contributed by atoms with Crippen LogP contribution in [0.4, 0.5) is 0 Å². The van der Waals surface area contributed by atoms with Gasteiger partial charge in [-0.3, -0.25) is 9.48 Å². The lowest BCUT2D eigenvalue weighted by molar-refractivity contribution is 0.0700. The topological polar surface area (TPSA) is 67.6 Å². The first-order chi connectivity index (χ1) is 11.5. The van der Waals surface area contributed by atoms with Gasteiger partial charge in [-0.1, -0.05) is 32.0 Å². The van der Waals surface area contributed by atoms with Crippen molar-refractivity contribution in [2.45, 2.75) is 26.3 Å². The maximum atomic E-state index is 12.8. The minimum absolute atomic E-state index is 0.106. The Balaban J connectivity index is 2.26. The number of ether oxygens (including phenoxy) is 1. The second-order valence-electron chi connectivity index (χ2n) is 5.99. The largest absolute Gasteiger partial charge is 0.496 e. The molecule has 0 aliphatic rings. The molecule has 0 atom stereocenters. The average Bonchev–Trinajstić information content (AvgIpc) is 2.96. The Bertz CT molecular complexity index is 695. The molecule has 1 N–H and O–H groups in total. The Morgan fingerprint density at radius 2 is 2.08 bits per heavy atom. The molecule has 0 radical (unpaired) electrons. The number of carbonyl (C=O) groups excluding carboxylic acids is 1. The Labute approximate surface area is 142 Å². The fourth-order valence-electron chi connectivity index (χ4n) is 2.70. The maximum Gasteiger partial charge on any atom is 0.274 e. The highest BCUT2D eigenvalue weighted by Gasteiger charge is 2.21. The maximum absolute atomic E-state index is 12.8. The predicted octanol–water partition coefficient (Wildman–Crippen LogP) is 2.19. The zero-order valence-electron chi connectivity index (χ0n) is 14.7. The van der Waals surface area contributed by atoms with Crippen molar-refractivity contribution in [2.75, 3.05) is 20.3 Å². The third kappa shape index (κ3) is 3.94. The molecule has 130 valence electrons. The van der Waals surface area contributed by atoms with E-state index in [0.717, 1.165) is 17.0 Å². The van der Waals surface area contributed by atoms with Gasteiger partial charge in [0.2, 0.25) is 0 Å². The van der Waals surface area contributed by atoms with Crippen LogP contribution in [0.2, 0.25) is 0 Å². The Hall–Kier alpha value is -2.34. The van der Waals surface area contributed by atoms with E-state index in [1.165, 1.54) is 0 Å². The minimum atomic E-state index is -0.197. The monoisotopic (exact) mass is 331 g/mol. The van der Waals surface area contributed by atoms with Crippen LogP contribution in [0, 0.1) is 0 Å². The lowest BCUT2D eigenvalue weighted by Gasteiger charge is -2.22. The SMILES string of the molecule is COc1ccccc1CN(CCO)C(=O)c1cc(C(C)C)n(C)n1. The van der Waals surface area contributed by atoms with Gasteiger partial charge in [0.15, 0.2) is 5.69 Å². The summed E-state index contributed by atoms with van der Waals surface area (Å²) in [5.41, 5.74) is 2.28. The summed E-state index contributed by atoms with van der Waals surface area (Å²) in [6.07, 6.45) is 0. The Morgan fingerprint density at radius 3 is 2.67 bits per heavy atom. The fraction of sp³-hybridized carbons (Fsp3) is 0.444. The van der Waals surface area contributed by atoms with E-state index in [-0.39, 0.29) is 25.0 Å². The molecule has 0 saturated heterocycles. The van der Waals surface area contributed by atoms with Crippen LogP contribution in [-0.4, -0.2) is 46.0 Å². The zero-order chi connectivity index (χ0) is 17.7. The van der Waals surface area contributed by atoms with Gasteiger partial charge >= 0.3 is 0 Å².